The van der Waals surface area contributed by atoms with Gasteiger partial charge in [0, 0.05) is 6.54 Å². The van der Waals surface area contributed by atoms with Crippen LogP contribution in [0.3, 0.4) is 0 Å². The zero-order chi connectivity index (χ0) is 19.8. The first-order valence-electron chi connectivity index (χ1n) is 8.54. The predicted molar refractivity (Wildman–Crippen MR) is 102 cm³/mol. The molecule has 1 heterocycles. The Bertz CT molecular complexity index is 1120. The SMILES string of the molecule is CCc1ccc(S(=O)(=O)N(CC)c2nc3cc(C)ccc3o2)cc1C(=O)O. The molecule has 0 saturated heterocycles. The summed E-state index contributed by atoms with van der Waals surface area (Å²) in [7, 11) is -4.03. The molecule has 1 N–H and O–H groups in total. The molecule has 0 atom stereocenters. The molecule has 8 heteroatoms. The van der Waals surface area contributed by atoms with Crippen LogP contribution in [0.5, 0.6) is 0 Å². The Balaban J connectivity index is 2.10. The fourth-order valence-corrected chi connectivity index (χ4v) is 4.28. The maximum absolute atomic E-state index is 13.1. The Labute approximate surface area is 157 Å². The number of nitrogens with zero attached hydrogens (tertiary/aromatic N) is 2. The molecule has 3 rings (SSSR count). The van der Waals surface area contributed by atoms with E-state index in [2.05, 4.69) is 4.98 Å². The number of hydrogen-bond acceptors (Lipinski definition) is 5. The van der Waals surface area contributed by atoms with E-state index in [4.69, 9.17) is 4.42 Å². The summed E-state index contributed by atoms with van der Waals surface area (Å²) in [6, 6.07) is 9.47. The van der Waals surface area contributed by atoms with Crippen LogP contribution in [-0.2, 0) is 16.4 Å². The number of hydrogen-bond donors (Lipinski definition) is 1. The highest BCUT2D eigenvalue weighted by molar-refractivity contribution is 7.92. The lowest BCUT2D eigenvalue weighted by Gasteiger charge is -2.19. The lowest BCUT2D eigenvalue weighted by Crippen LogP contribution is -2.31. The molecule has 0 amide bonds. The lowest BCUT2D eigenvalue weighted by atomic mass is 10.1. The molecule has 2 aromatic carbocycles. The van der Waals surface area contributed by atoms with Gasteiger partial charge in [0.15, 0.2) is 5.58 Å². The lowest BCUT2D eigenvalue weighted by molar-refractivity contribution is 0.0695. The number of carbonyl (C=O) groups is 1. The smallest absolute Gasteiger partial charge is 0.336 e. The van der Waals surface area contributed by atoms with Crippen LogP contribution in [0.2, 0.25) is 0 Å². The zero-order valence-electron chi connectivity index (χ0n) is 15.3. The van der Waals surface area contributed by atoms with Crippen molar-refractivity contribution in [2.45, 2.75) is 32.1 Å². The average Bonchev–Trinajstić information content (AvgIpc) is 3.03. The number of aromatic nitrogens is 1. The first kappa shape index (κ1) is 18.9. The molecule has 0 aliphatic heterocycles. The molecule has 7 nitrogen and oxygen atoms in total. The van der Waals surface area contributed by atoms with E-state index in [1.165, 1.54) is 18.2 Å². The number of sulfonamides is 1. The quantitative estimate of drug-likeness (QED) is 0.692. The fraction of sp³-hybridized carbons (Fsp3) is 0.263. The molecule has 0 radical (unpaired) electrons. The summed E-state index contributed by atoms with van der Waals surface area (Å²) in [6.45, 7) is 5.47. The Kier molecular flexibility index (Phi) is 4.93. The van der Waals surface area contributed by atoms with Gasteiger partial charge in [0.05, 0.1) is 10.5 Å². The van der Waals surface area contributed by atoms with E-state index >= 15 is 0 Å². The maximum atomic E-state index is 13.1. The molecule has 142 valence electrons. The summed E-state index contributed by atoms with van der Waals surface area (Å²) in [4.78, 5) is 15.7. The summed E-state index contributed by atoms with van der Waals surface area (Å²) >= 11 is 0. The third kappa shape index (κ3) is 3.40. The number of rotatable bonds is 6. The van der Waals surface area contributed by atoms with E-state index in [1.807, 2.05) is 19.9 Å². The van der Waals surface area contributed by atoms with Crippen LogP contribution in [0.4, 0.5) is 6.01 Å². The molecule has 3 aromatic rings. The van der Waals surface area contributed by atoms with E-state index in [1.54, 1.807) is 19.1 Å². The third-order valence-corrected chi connectivity index (χ3v) is 6.16. The van der Waals surface area contributed by atoms with Crippen LogP contribution in [0.15, 0.2) is 45.7 Å². The zero-order valence-corrected chi connectivity index (χ0v) is 16.1. The minimum Gasteiger partial charge on any atom is -0.478 e. The highest BCUT2D eigenvalue weighted by Crippen LogP contribution is 2.28. The number of oxazole rings is 1. The summed E-state index contributed by atoms with van der Waals surface area (Å²) in [6.07, 6.45) is 0.490. The molecule has 0 spiro atoms. The van der Waals surface area contributed by atoms with Gasteiger partial charge in [0.25, 0.3) is 10.0 Å². The van der Waals surface area contributed by atoms with E-state index in [0.29, 0.717) is 23.1 Å². The van der Waals surface area contributed by atoms with Crippen LogP contribution in [-0.4, -0.2) is 31.0 Å². The Hall–Kier alpha value is -2.87. The van der Waals surface area contributed by atoms with E-state index in [-0.39, 0.29) is 23.0 Å². The van der Waals surface area contributed by atoms with Gasteiger partial charge in [-0.25, -0.2) is 17.5 Å². The Morgan fingerprint density at radius 2 is 1.93 bits per heavy atom. The van der Waals surface area contributed by atoms with Gasteiger partial charge in [0.1, 0.15) is 5.52 Å². The molecular weight excluding hydrogens is 368 g/mol. The predicted octanol–water partition coefficient (Wildman–Crippen LogP) is 3.61. The molecule has 0 aliphatic rings. The van der Waals surface area contributed by atoms with Crippen LogP contribution < -0.4 is 4.31 Å². The van der Waals surface area contributed by atoms with E-state index < -0.39 is 16.0 Å². The fourth-order valence-electron chi connectivity index (χ4n) is 2.89. The van der Waals surface area contributed by atoms with Crippen LogP contribution in [0.25, 0.3) is 11.1 Å². The third-order valence-electron chi connectivity index (χ3n) is 4.31. The standard InChI is InChI=1S/C19H20N2O5S/c1-4-13-7-8-14(11-15(13)18(22)23)27(24,25)21(5-2)19-20-16-10-12(3)6-9-17(16)26-19/h6-11H,4-5H2,1-3H3,(H,22,23). The van der Waals surface area contributed by atoms with Crippen molar-refractivity contribution in [2.24, 2.45) is 0 Å². The average molecular weight is 388 g/mol. The van der Waals surface area contributed by atoms with Crippen molar-refractivity contribution < 1.29 is 22.7 Å². The van der Waals surface area contributed by atoms with Crippen molar-refractivity contribution in [3.8, 4) is 0 Å². The maximum Gasteiger partial charge on any atom is 0.336 e. The van der Waals surface area contributed by atoms with Gasteiger partial charge >= 0.3 is 12.0 Å². The van der Waals surface area contributed by atoms with Gasteiger partial charge in [-0.2, -0.15) is 4.98 Å². The van der Waals surface area contributed by atoms with Crippen molar-refractivity contribution in [3.05, 3.63) is 53.1 Å². The molecule has 0 fully saturated rings. The molecular formula is C19H20N2O5S. The summed E-state index contributed by atoms with van der Waals surface area (Å²) < 4.78 is 32.9. The van der Waals surface area contributed by atoms with Crippen molar-refractivity contribution in [2.75, 3.05) is 10.8 Å². The number of fused-ring (bicyclic) bond motifs is 1. The van der Waals surface area contributed by atoms with E-state index in [9.17, 15) is 18.3 Å². The summed E-state index contributed by atoms with van der Waals surface area (Å²) in [5, 5.41) is 9.38. The van der Waals surface area contributed by atoms with Crippen molar-refractivity contribution in [3.63, 3.8) is 0 Å². The van der Waals surface area contributed by atoms with Crippen LogP contribution in [0, 0.1) is 6.92 Å². The largest absolute Gasteiger partial charge is 0.478 e. The topological polar surface area (TPSA) is 101 Å². The second-order valence-electron chi connectivity index (χ2n) is 6.12. The number of carboxylic acids is 1. The Morgan fingerprint density at radius 1 is 1.19 bits per heavy atom. The van der Waals surface area contributed by atoms with Crippen LogP contribution in [0.1, 0.15) is 35.3 Å². The molecule has 27 heavy (non-hydrogen) atoms. The van der Waals surface area contributed by atoms with E-state index in [0.717, 1.165) is 9.87 Å². The Morgan fingerprint density at radius 3 is 2.56 bits per heavy atom. The number of anilines is 1. The molecule has 1 aromatic heterocycles. The summed E-state index contributed by atoms with van der Waals surface area (Å²) in [5.74, 6) is -1.16. The number of benzene rings is 2. The molecule has 0 unspecified atom stereocenters. The molecule has 0 bridgehead atoms. The highest BCUT2D eigenvalue weighted by atomic mass is 32.2. The molecule has 0 aliphatic carbocycles. The second-order valence-corrected chi connectivity index (χ2v) is 7.98. The van der Waals surface area contributed by atoms with Crippen molar-refractivity contribution in [1.29, 1.82) is 0 Å². The van der Waals surface area contributed by atoms with Crippen LogP contribution >= 0.6 is 0 Å². The van der Waals surface area contributed by atoms with Gasteiger partial charge in [-0.3, -0.25) is 0 Å². The van der Waals surface area contributed by atoms with Crippen molar-refractivity contribution in [1.82, 2.24) is 4.98 Å². The summed E-state index contributed by atoms with van der Waals surface area (Å²) in [5.41, 5.74) is 2.57. The highest BCUT2D eigenvalue weighted by Gasteiger charge is 2.29. The monoisotopic (exact) mass is 388 g/mol. The van der Waals surface area contributed by atoms with Gasteiger partial charge in [-0.1, -0.05) is 19.1 Å². The first-order chi connectivity index (χ1) is 12.8. The van der Waals surface area contributed by atoms with Gasteiger partial charge in [0.2, 0.25) is 0 Å². The first-order valence-corrected chi connectivity index (χ1v) is 9.98. The van der Waals surface area contributed by atoms with Gasteiger partial charge in [-0.15, -0.1) is 0 Å². The number of aromatic carboxylic acids is 1. The second kappa shape index (κ2) is 7.03. The molecule has 0 saturated carbocycles. The normalized spacial score (nSPS) is 11.7. The van der Waals surface area contributed by atoms with Crippen molar-refractivity contribution >= 4 is 33.1 Å². The minimum absolute atomic E-state index is 0.0252. The van der Waals surface area contributed by atoms with Gasteiger partial charge in [-0.05, 0) is 55.7 Å². The minimum atomic E-state index is -4.03. The van der Waals surface area contributed by atoms with Gasteiger partial charge < -0.3 is 9.52 Å². The number of carboxylic acid groups (broad SMARTS) is 1. The number of aryl methyl sites for hydroxylation is 2.